The molecule has 3 rings (SSSR count). The molecule has 2 aromatic heterocycles. The Morgan fingerprint density at radius 3 is 2.24 bits per heavy atom. The number of carboxylic acid groups (broad SMARTS) is 1. The molecule has 0 spiro atoms. The molecule has 0 amide bonds. The van der Waals surface area contributed by atoms with E-state index in [1.165, 1.54) is 24.3 Å². The lowest BCUT2D eigenvalue weighted by molar-refractivity contribution is -0.372. The molecule has 14 nitrogen and oxygen atoms in total. The highest BCUT2D eigenvalue weighted by Gasteiger charge is 2.31. The molecule has 2 unspecified atom stereocenters. The Labute approximate surface area is 234 Å². The second kappa shape index (κ2) is 14.0. The Kier molecular flexibility index (Phi) is 11.6. The maximum absolute atomic E-state index is 13.1. The summed E-state index contributed by atoms with van der Waals surface area (Å²) < 4.78 is 83.3. The van der Waals surface area contributed by atoms with Crippen molar-refractivity contribution in [1.82, 2.24) is 9.71 Å². The first-order chi connectivity index (χ1) is 19.0. The molecule has 0 aliphatic carbocycles. The van der Waals surface area contributed by atoms with Gasteiger partial charge in [-0.05, 0) is 29.7 Å². The molecule has 3 aromatic rings. The Morgan fingerprint density at radius 1 is 1.20 bits per heavy atom. The lowest BCUT2D eigenvalue weighted by Gasteiger charge is -2.27. The lowest BCUT2D eigenvalue weighted by atomic mass is 10.2. The van der Waals surface area contributed by atoms with Gasteiger partial charge in [-0.3, -0.25) is 0 Å². The fourth-order valence-corrected chi connectivity index (χ4v) is 6.81. The second-order valence-corrected chi connectivity index (χ2v) is 12.4. The van der Waals surface area contributed by atoms with Crippen LogP contribution in [-0.4, -0.2) is 56.7 Å². The molecule has 0 aliphatic rings. The Bertz CT molecular complexity index is 1530. The number of rotatable bonds is 11. The summed E-state index contributed by atoms with van der Waals surface area (Å²) in [7, 11) is -9.70. The minimum atomic E-state index is -5.28. The topological polar surface area (TPSA) is 257 Å². The van der Waals surface area contributed by atoms with Gasteiger partial charge in [-0.1, -0.05) is 6.07 Å². The third-order valence-corrected chi connectivity index (χ3v) is 8.83. The highest BCUT2D eigenvalue weighted by molar-refractivity contribution is 7.92. The summed E-state index contributed by atoms with van der Waals surface area (Å²) in [6, 6.07) is 10.2. The average Bonchev–Trinajstić information content (AvgIpc) is 3.32. The minimum absolute atomic E-state index is 0.137. The number of quaternary nitrogens is 2. The van der Waals surface area contributed by atoms with Crippen LogP contribution in [0.1, 0.15) is 17.2 Å². The number of nitrogens with one attached hydrogen (secondary N) is 1. The molecule has 0 saturated heterocycles. The van der Waals surface area contributed by atoms with Crippen LogP contribution in [0.3, 0.4) is 0 Å². The van der Waals surface area contributed by atoms with Crippen LogP contribution in [-0.2, 0) is 19.4 Å². The van der Waals surface area contributed by atoms with Gasteiger partial charge in [0, 0.05) is 10.8 Å². The van der Waals surface area contributed by atoms with Crippen molar-refractivity contribution >= 4 is 45.0 Å². The van der Waals surface area contributed by atoms with Crippen LogP contribution in [0.4, 0.5) is 13.2 Å². The number of fused-ring (bicyclic) bond motifs is 1. The zero-order valence-corrected chi connectivity index (χ0v) is 23.3. The number of aromatic nitrogens is 1. The van der Waals surface area contributed by atoms with Crippen molar-refractivity contribution in [3.8, 4) is 17.6 Å². The summed E-state index contributed by atoms with van der Waals surface area (Å²) in [5.74, 6) is -4.26. The van der Waals surface area contributed by atoms with Crippen molar-refractivity contribution < 1.29 is 66.8 Å². The predicted octanol–water partition coefficient (Wildman–Crippen LogP) is -1.77. The van der Waals surface area contributed by atoms with Gasteiger partial charge in [-0.15, -0.1) is 11.3 Å². The molecule has 224 valence electrons. The highest BCUT2D eigenvalue weighted by atomic mass is 32.2. The third kappa shape index (κ3) is 9.62. The van der Waals surface area contributed by atoms with Crippen molar-refractivity contribution in [3.05, 3.63) is 47.8 Å². The molecule has 0 saturated carbocycles. The Balaban J connectivity index is 0.000000745. The average molecular weight is 642 g/mol. The van der Waals surface area contributed by atoms with E-state index in [-0.39, 0.29) is 15.6 Å². The Morgan fingerprint density at radius 2 is 1.76 bits per heavy atom. The van der Waals surface area contributed by atoms with Gasteiger partial charge in [0.25, 0.3) is 10.0 Å². The van der Waals surface area contributed by atoms with Gasteiger partial charge in [-0.25, -0.2) is 13.4 Å². The highest BCUT2D eigenvalue weighted by Crippen LogP contribution is 2.47. The van der Waals surface area contributed by atoms with Crippen LogP contribution >= 0.6 is 18.9 Å². The van der Waals surface area contributed by atoms with Crippen molar-refractivity contribution in [2.24, 2.45) is 0 Å². The van der Waals surface area contributed by atoms with Crippen LogP contribution in [0, 0.1) is 11.3 Å². The number of pyridine rings is 1. The van der Waals surface area contributed by atoms with E-state index < -0.39 is 35.5 Å². The first-order valence-electron chi connectivity index (χ1n) is 11.2. The molecular weight excluding hydrogens is 618 g/mol. The SMILES string of the molecule is N#Cc1cccc(C(NS(=O)(=O)c2cc3cc(OCC[NH3+])c(OCC[NH3+])cc3s2)P(=O)([O-])O)n1.O=C([O-])C(F)(F)F. The van der Waals surface area contributed by atoms with Gasteiger partial charge in [0.05, 0.1) is 5.69 Å². The number of sulfonamides is 1. The number of thiophene rings is 1. The predicted molar refractivity (Wildman–Crippen MR) is 131 cm³/mol. The van der Waals surface area contributed by atoms with Crippen LogP contribution in [0.2, 0.25) is 0 Å². The van der Waals surface area contributed by atoms with Gasteiger partial charge in [0.15, 0.2) is 19.1 Å². The number of nitriles is 1. The van der Waals surface area contributed by atoms with Crippen molar-refractivity contribution in [2.45, 2.75) is 16.2 Å². The maximum atomic E-state index is 13.1. The molecule has 0 radical (unpaired) electrons. The molecule has 2 atom stereocenters. The summed E-state index contributed by atoms with van der Waals surface area (Å²) in [6.45, 7) is 1.68. The zero-order valence-electron chi connectivity index (χ0n) is 20.8. The van der Waals surface area contributed by atoms with Crippen LogP contribution in [0.15, 0.2) is 40.6 Å². The van der Waals surface area contributed by atoms with Gasteiger partial charge in [0.2, 0.25) is 0 Å². The van der Waals surface area contributed by atoms with Gasteiger partial charge in [-0.2, -0.15) is 23.2 Å². The second-order valence-electron chi connectivity index (χ2n) is 7.74. The number of benzene rings is 1. The van der Waals surface area contributed by atoms with Crippen molar-refractivity contribution in [2.75, 3.05) is 26.3 Å². The van der Waals surface area contributed by atoms with Crippen LogP contribution < -0.4 is 35.7 Å². The van der Waals surface area contributed by atoms with E-state index in [1.807, 2.05) is 4.72 Å². The minimum Gasteiger partial charge on any atom is -0.777 e. The molecule has 0 aliphatic heterocycles. The van der Waals surface area contributed by atoms with Gasteiger partial charge >= 0.3 is 6.18 Å². The number of carbonyl (C=O) groups excluding carboxylic acids is 1. The van der Waals surface area contributed by atoms with Gasteiger partial charge < -0.3 is 45.2 Å². The van der Waals surface area contributed by atoms with Crippen molar-refractivity contribution in [3.63, 3.8) is 0 Å². The van der Waals surface area contributed by atoms with E-state index in [0.29, 0.717) is 47.9 Å². The number of ether oxygens (including phenoxy) is 2. The maximum Gasteiger partial charge on any atom is 0.430 e. The molecule has 8 N–H and O–H groups in total. The van der Waals surface area contributed by atoms with E-state index >= 15 is 0 Å². The number of hydrogen-bond donors (Lipinski definition) is 4. The largest absolute Gasteiger partial charge is 0.777 e. The molecule has 20 heteroatoms. The zero-order chi connectivity index (χ0) is 31.0. The molecule has 41 heavy (non-hydrogen) atoms. The number of carbonyl (C=O) groups is 1. The quantitative estimate of drug-likeness (QED) is 0.170. The van der Waals surface area contributed by atoms with Gasteiger partial charge in [0.1, 0.15) is 54.0 Å². The van der Waals surface area contributed by atoms with E-state index in [1.54, 1.807) is 18.2 Å². The number of alkyl halides is 3. The number of halogens is 3. The summed E-state index contributed by atoms with van der Waals surface area (Å²) in [5, 5.41) is 18.3. The number of carboxylic acids is 1. The van der Waals surface area contributed by atoms with Crippen molar-refractivity contribution in [1.29, 1.82) is 5.26 Å². The number of nitrogens with zero attached hydrogens (tertiary/aromatic N) is 2. The number of hydrogen-bond acceptors (Lipinski definition) is 11. The monoisotopic (exact) mass is 641 g/mol. The summed E-state index contributed by atoms with van der Waals surface area (Å²) in [6.07, 6.45) is -5.19. The fraction of sp³-hybridized carbons (Fsp3) is 0.286. The summed E-state index contributed by atoms with van der Waals surface area (Å²) in [5.41, 5.74) is 6.97. The van der Waals surface area contributed by atoms with Crippen LogP contribution in [0.25, 0.3) is 10.1 Å². The lowest BCUT2D eigenvalue weighted by Crippen LogP contribution is -2.53. The first kappa shape index (κ1) is 33.9. The normalized spacial score (nSPS) is 13.8. The van der Waals surface area contributed by atoms with E-state index in [4.69, 9.17) is 24.6 Å². The summed E-state index contributed by atoms with van der Waals surface area (Å²) >= 11 is 0.880. The fourth-order valence-electron chi connectivity index (χ4n) is 2.91. The third-order valence-electron chi connectivity index (χ3n) is 4.62. The van der Waals surface area contributed by atoms with E-state index in [0.717, 1.165) is 11.3 Å². The number of aliphatic carboxylic acids is 1. The first-order valence-corrected chi connectivity index (χ1v) is 15.1. The summed E-state index contributed by atoms with van der Waals surface area (Å²) in [4.78, 5) is 34.3. The smallest absolute Gasteiger partial charge is 0.430 e. The standard InChI is InChI=1S/C19H22N5O7PS2.C2HF3O2/c20-4-6-30-15-8-12-9-18(33-17(12)10-16(15)31-7-5-21)34(28,29)24-19(32(25,26)27)14-3-1-2-13(11-22)23-14;3-2(4,5)1(6)7/h1-3,8-10,19,24H,4-7,20-21H2,(H2,25,26,27);(H,6,7). The molecular formula is C21H23F3N5O9PS2. The molecule has 1 aromatic carbocycles. The van der Waals surface area contributed by atoms with Crippen LogP contribution in [0.5, 0.6) is 11.5 Å². The van der Waals surface area contributed by atoms with E-state index in [2.05, 4.69) is 16.5 Å². The Hall–Kier alpha value is -3.34. The van der Waals surface area contributed by atoms with E-state index in [9.17, 15) is 35.9 Å². The molecule has 0 fully saturated rings. The molecule has 0 bridgehead atoms. The molecule has 2 heterocycles.